The highest BCUT2D eigenvalue weighted by Gasteiger charge is 2.54. The van der Waals surface area contributed by atoms with Crippen molar-refractivity contribution in [1.29, 1.82) is 0 Å². The average Bonchev–Trinajstić information content (AvgIpc) is 2.59. The van der Waals surface area contributed by atoms with Crippen molar-refractivity contribution in [2.45, 2.75) is 51.8 Å². The van der Waals surface area contributed by atoms with Gasteiger partial charge >= 0.3 is 0 Å². The normalized spacial score (nSPS) is 37.6. The van der Waals surface area contributed by atoms with E-state index < -0.39 is 0 Å². The Morgan fingerprint density at radius 1 is 1.56 bits per heavy atom. The van der Waals surface area contributed by atoms with Crippen LogP contribution in [-0.4, -0.2) is 42.8 Å². The van der Waals surface area contributed by atoms with Crippen molar-refractivity contribution in [2.24, 2.45) is 5.41 Å². The summed E-state index contributed by atoms with van der Waals surface area (Å²) in [5.41, 5.74) is 0.0781. The third-order valence-electron chi connectivity index (χ3n) is 4.28. The molecule has 1 saturated heterocycles. The monoisotopic (exact) mass is 226 g/mol. The highest BCUT2D eigenvalue weighted by molar-refractivity contribution is 5.84. The molecule has 0 radical (unpaired) electrons. The molecular formula is C12H22N2O2. The minimum atomic E-state index is 0.0254. The number of ether oxygens (including phenoxy) is 1. The van der Waals surface area contributed by atoms with Crippen LogP contribution in [0.25, 0.3) is 0 Å². The van der Waals surface area contributed by atoms with Crippen LogP contribution in [0.3, 0.4) is 0 Å². The maximum absolute atomic E-state index is 12.1. The van der Waals surface area contributed by atoms with E-state index in [1.165, 1.54) is 0 Å². The molecule has 3 atom stereocenters. The second-order valence-corrected chi connectivity index (χ2v) is 5.43. The Kier molecular flexibility index (Phi) is 2.97. The molecule has 2 aliphatic rings. The largest absolute Gasteiger partial charge is 0.381 e. The number of hydrogen-bond acceptors (Lipinski definition) is 3. The van der Waals surface area contributed by atoms with Gasteiger partial charge in [0.15, 0.2) is 0 Å². The zero-order chi connectivity index (χ0) is 11.9. The fourth-order valence-electron chi connectivity index (χ4n) is 2.95. The summed E-state index contributed by atoms with van der Waals surface area (Å²) < 4.78 is 5.42. The van der Waals surface area contributed by atoms with Crippen LogP contribution in [0, 0.1) is 5.41 Å². The first-order valence-corrected chi connectivity index (χ1v) is 6.09. The number of rotatable bonds is 3. The molecule has 1 amide bonds. The van der Waals surface area contributed by atoms with Crippen LogP contribution in [0.4, 0.5) is 0 Å². The number of hydrogen-bond donors (Lipinski definition) is 1. The van der Waals surface area contributed by atoms with Crippen LogP contribution in [0.1, 0.15) is 33.6 Å². The molecule has 16 heavy (non-hydrogen) atoms. The minimum absolute atomic E-state index is 0.0254. The SMILES string of the molecule is CCC1NCN(C2CC(OC)C2(C)C)C1=O. The molecule has 92 valence electrons. The van der Waals surface area contributed by atoms with Crippen LogP contribution < -0.4 is 5.32 Å². The summed E-state index contributed by atoms with van der Waals surface area (Å²) in [6.45, 7) is 7.11. The van der Waals surface area contributed by atoms with Gasteiger partial charge in [0.25, 0.3) is 0 Å². The second kappa shape index (κ2) is 4.00. The van der Waals surface area contributed by atoms with Gasteiger partial charge in [-0.15, -0.1) is 0 Å². The lowest BCUT2D eigenvalue weighted by atomic mass is 9.64. The Labute approximate surface area is 97.3 Å². The standard InChI is InChI=1S/C12H22N2O2/c1-5-8-11(15)14(7-13-8)9-6-10(16-4)12(9,2)3/h8-10,13H,5-7H2,1-4H3. The molecule has 4 nitrogen and oxygen atoms in total. The summed E-state index contributed by atoms with van der Waals surface area (Å²) in [6.07, 6.45) is 2.12. The van der Waals surface area contributed by atoms with Crippen molar-refractivity contribution in [1.82, 2.24) is 10.2 Å². The third kappa shape index (κ3) is 1.55. The number of amides is 1. The summed E-state index contributed by atoms with van der Waals surface area (Å²) >= 11 is 0. The van der Waals surface area contributed by atoms with Gasteiger partial charge in [0, 0.05) is 18.6 Å². The van der Waals surface area contributed by atoms with Crippen molar-refractivity contribution in [2.75, 3.05) is 13.8 Å². The Hall–Kier alpha value is -0.610. The minimum Gasteiger partial charge on any atom is -0.381 e. The lowest BCUT2D eigenvalue weighted by Gasteiger charge is -2.54. The lowest BCUT2D eigenvalue weighted by Crippen LogP contribution is -2.62. The van der Waals surface area contributed by atoms with Gasteiger partial charge in [-0.3, -0.25) is 10.1 Å². The van der Waals surface area contributed by atoms with E-state index >= 15 is 0 Å². The molecule has 0 bridgehead atoms. The molecule has 0 aromatic carbocycles. The van der Waals surface area contributed by atoms with Crippen LogP contribution in [0.2, 0.25) is 0 Å². The van der Waals surface area contributed by atoms with E-state index in [2.05, 4.69) is 19.2 Å². The number of carbonyl (C=O) groups is 1. The predicted octanol–water partition coefficient (Wildman–Crippen LogP) is 0.968. The average molecular weight is 226 g/mol. The van der Waals surface area contributed by atoms with Gasteiger partial charge in [0.05, 0.1) is 18.8 Å². The van der Waals surface area contributed by atoms with Crippen LogP contribution >= 0.6 is 0 Å². The van der Waals surface area contributed by atoms with Gasteiger partial charge in [-0.25, -0.2) is 0 Å². The number of carbonyl (C=O) groups excluding carboxylic acids is 1. The third-order valence-corrected chi connectivity index (χ3v) is 4.28. The topological polar surface area (TPSA) is 41.6 Å². The van der Waals surface area contributed by atoms with E-state index in [9.17, 15) is 4.79 Å². The van der Waals surface area contributed by atoms with Gasteiger partial charge in [0.1, 0.15) is 0 Å². The lowest BCUT2D eigenvalue weighted by molar-refractivity contribution is -0.157. The molecule has 2 rings (SSSR count). The highest BCUT2D eigenvalue weighted by Crippen LogP contribution is 2.46. The van der Waals surface area contributed by atoms with E-state index in [-0.39, 0.29) is 23.5 Å². The Morgan fingerprint density at radius 3 is 2.69 bits per heavy atom. The molecule has 0 aromatic rings. The fraction of sp³-hybridized carbons (Fsp3) is 0.917. The van der Waals surface area contributed by atoms with Gasteiger partial charge in [-0.2, -0.15) is 0 Å². The van der Waals surface area contributed by atoms with Crippen molar-refractivity contribution in [3.05, 3.63) is 0 Å². The van der Waals surface area contributed by atoms with E-state index in [0.717, 1.165) is 12.8 Å². The van der Waals surface area contributed by atoms with E-state index in [0.29, 0.717) is 12.7 Å². The van der Waals surface area contributed by atoms with Crippen molar-refractivity contribution in [3.63, 3.8) is 0 Å². The maximum atomic E-state index is 12.1. The summed E-state index contributed by atoms with van der Waals surface area (Å²) in [6, 6.07) is 0.353. The van der Waals surface area contributed by atoms with Crippen LogP contribution in [-0.2, 0) is 9.53 Å². The molecule has 4 heteroatoms. The van der Waals surface area contributed by atoms with Crippen molar-refractivity contribution < 1.29 is 9.53 Å². The number of nitrogens with zero attached hydrogens (tertiary/aromatic N) is 1. The highest BCUT2D eigenvalue weighted by atomic mass is 16.5. The molecule has 0 spiro atoms. The number of nitrogens with one attached hydrogen (secondary N) is 1. The van der Waals surface area contributed by atoms with E-state index in [4.69, 9.17) is 4.74 Å². The van der Waals surface area contributed by atoms with Gasteiger partial charge < -0.3 is 9.64 Å². The van der Waals surface area contributed by atoms with Crippen molar-refractivity contribution in [3.8, 4) is 0 Å². The first-order valence-electron chi connectivity index (χ1n) is 6.09. The van der Waals surface area contributed by atoms with E-state index in [1.807, 2.05) is 11.8 Å². The second-order valence-electron chi connectivity index (χ2n) is 5.43. The molecule has 2 fully saturated rings. The molecule has 1 aliphatic heterocycles. The fourth-order valence-corrected chi connectivity index (χ4v) is 2.95. The molecule has 1 aliphatic carbocycles. The maximum Gasteiger partial charge on any atom is 0.241 e. The summed E-state index contributed by atoms with van der Waals surface area (Å²) in [7, 11) is 1.75. The Morgan fingerprint density at radius 2 is 2.25 bits per heavy atom. The Balaban J connectivity index is 2.03. The predicted molar refractivity (Wildman–Crippen MR) is 61.9 cm³/mol. The van der Waals surface area contributed by atoms with Crippen LogP contribution in [0.5, 0.6) is 0 Å². The van der Waals surface area contributed by atoms with E-state index in [1.54, 1.807) is 7.11 Å². The first-order chi connectivity index (χ1) is 7.52. The zero-order valence-corrected chi connectivity index (χ0v) is 10.6. The zero-order valence-electron chi connectivity index (χ0n) is 10.6. The van der Waals surface area contributed by atoms with Gasteiger partial charge in [0.2, 0.25) is 5.91 Å². The smallest absolute Gasteiger partial charge is 0.241 e. The summed E-state index contributed by atoms with van der Waals surface area (Å²) in [4.78, 5) is 14.1. The molecule has 1 heterocycles. The molecule has 1 N–H and O–H groups in total. The van der Waals surface area contributed by atoms with Gasteiger partial charge in [-0.1, -0.05) is 20.8 Å². The molecule has 1 saturated carbocycles. The molecular weight excluding hydrogens is 204 g/mol. The van der Waals surface area contributed by atoms with Gasteiger partial charge in [-0.05, 0) is 12.8 Å². The first kappa shape index (κ1) is 11.9. The van der Waals surface area contributed by atoms with Crippen LogP contribution in [0.15, 0.2) is 0 Å². The quantitative estimate of drug-likeness (QED) is 0.779. The summed E-state index contributed by atoms with van der Waals surface area (Å²) in [5, 5.41) is 3.26. The molecule has 3 unspecified atom stereocenters. The summed E-state index contributed by atoms with van der Waals surface area (Å²) in [5.74, 6) is 0.259. The Bertz CT molecular complexity index is 291. The van der Waals surface area contributed by atoms with Crippen molar-refractivity contribution >= 4 is 5.91 Å². The number of methoxy groups -OCH3 is 1. The molecule has 0 aromatic heterocycles.